The van der Waals surface area contributed by atoms with Crippen LogP contribution in [0.1, 0.15) is 38.2 Å². The van der Waals surface area contributed by atoms with E-state index < -0.39 is 0 Å². The molecule has 1 fully saturated rings. The van der Waals surface area contributed by atoms with Crippen LogP contribution in [-0.4, -0.2) is 50.4 Å². The molecule has 2 aromatic rings. The second kappa shape index (κ2) is 11.0. The van der Waals surface area contributed by atoms with Gasteiger partial charge in [-0.05, 0) is 68.8 Å². The molecule has 164 valence electrons. The van der Waals surface area contributed by atoms with Crippen LogP contribution < -0.4 is 25.0 Å². The molecule has 7 heteroatoms. The maximum absolute atomic E-state index is 5.67. The summed E-state index contributed by atoms with van der Waals surface area (Å²) in [5, 5.41) is 7.13. The lowest BCUT2D eigenvalue weighted by molar-refractivity contribution is 0.310. The molecule has 0 unspecified atom stereocenters. The van der Waals surface area contributed by atoms with Crippen molar-refractivity contribution in [3.05, 3.63) is 36.0 Å². The summed E-state index contributed by atoms with van der Waals surface area (Å²) in [4.78, 5) is 10.9. The zero-order chi connectivity index (χ0) is 21.3. The molecule has 0 saturated heterocycles. The number of hydrogen-bond donors (Lipinski definition) is 2. The smallest absolute Gasteiger partial charge is 0.224 e. The number of benzene rings is 1. The van der Waals surface area contributed by atoms with E-state index in [1.807, 2.05) is 44.2 Å². The first kappa shape index (κ1) is 22.2. The molecule has 2 N–H and O–H groups in total. The maximum Gasteiger partial charge on any atom is 0.224 e. The van der Waals surface area contributed by atoms with E-state index in [1.165, 1.54) is 18.4 Å². The Kier molecular flexibility index (Phi) is 8.13. The lowest BCUT2D eigenvalue weighted by Gasteiger charge is -2.29. The molecule has 30 heavy (non-hydrogen) atoms. The van der Waals surface area contributed by atoms with Gasteiger partial charge in [0.25, 0.3) is 0 Å². The molecule has 1 heterocycles. The van der Waals surface area contributed by atoms with E-state index in [0.29, 0.717) is 18.6 Å². The first-order valence-electron chi connectivity index (χ1n) is 10.9. The van der Waals surface area contributed by atoms with Crippen LogP contribution in [0.3, 0.4) is 0 Å². The molecule has 3 rings (SSSR count). The van der Waals surface area contributed by atoms with Gasteiger partial charge in [-0.15, -0.1) is 0 Å². The fourth-order valence-electron chi connectivity index (χ4n) is 3.88. The first-order valence-corrected chi connectivity index (χ1v) is 10.9. The van der Waals surface area contributed by atoms with Crippen LogP contribution in [0.5, 0.6) is 11.5 Å². The van der Waals surface area contributed by atoms with Crippen LogP contribution in [0.4, 0.5) is 11.8 Å². The molecule has 1 aromatic heterocycles. The lowest BCUT2D eigenvalue weighted by Crippen LogP contribution is -2.31. The number of aromatic nitrogens is 2. The van der Waals surface area contributed by atoms with Crippen LogP contribution in [0.2, 0.25) is 0 Å². The summed E-state index contributed by atoms with van der Waals surface area (Å²) in [6, 6.07) is 8.52. The number of anilines is 2. The van der Waals surface area contributed by atoms with Gasteiger partial charge in [0, 0.05) is 32.9 Å². The maximum atomic E-state index is 5.67. The number of rotatable bonds is 10. The molecule has 1 saturated carbocycles. The van der Waals surface area contributed by atoms with Crippen molar-refractivity contribution >= 4 is 11.8 Å². The first-order chi connectivity index (χ1) is 14.6. The molecule has 1 aliphatic rings. The molecular formula is C23H35N5O2. The minimum Gasteiger partial charge on any atom is -0.493 e. The van der Waals surface area contributed by atoms with Crippen LogP contribution >= 0.6 is 0 Å². The Morgan fingerprint density at radius 3 is 2.60 bits per heavy atom. The zero-order valence-corrected chi connectivity index (χ0v) is 18.6. The number of nitrogens with one attached hydrogen (secondary N) is 2. The van der Waals surface area contributed by atoms with E-state index >= 15 is 0 Å². The van der Waals surface area contributed by atoms with Gasteiger partial charge in [0.15, 0.2) is 11.5 Å². The molecule has 0 spiro atoms. The van der Waals surface area contributed by atoms with Gasteiger partial charge in [0.1, 0.15) is 5.82 Å². The van der Waals surface area contributed by atoms with Crippen molar-refractivity contribution < 1.29 is 9.47 Å². The molecule has 0 amide bonds. The third-order valence-electron chi connectivity index (χ3n) is 5.57. The van der Waals surface area contributed by atoms with Crippen molar-refractivity contribution in [3.63, 3.8) is 0 Å². The van der Waals surface area contributed by atoms with Gasteiger partial charge in [-0.25, -0.2) is 4.98 Å². The Morgan fingerprint density at radius 2 is 1.90 bits per heavy atom. The molecule has 0 atom stereocenters. The monoisotopic (exact) mass is 413 g/mol. The van der Waals surface area contributed by atoms with E-state index in [9.17, 15) is 0 Å². The number of ether oxygens (including phenoxy) is 2. The number of hydrogen-bond acceptors (Lipinski definition) is 7. The average molecular weight is 414 g/mol. The predicted octanol–water partition coefficient (Wildman–Crippen LogP) is 3.71. The van der Waals surface area contributed by atoms with E-state index in [4.69, 9.17) is 9.47 Å². The SMILES string of the molecule is CCOc1cc(CNC[C@H]2CC[C@@H](Nc3nccc(N(C)C)n3)CC2)ccc1OC. The van der Waals surface area contributed by atoms with Gasteiger partial charge >= 0.3 is 0 Å². The summed E-state index contributed by atoms with van der Waals surface area (Å²) in [7, 11) is 5.66. The van der Waals surface area contributed by atoms with E-state index in [-0.39, 0.29) is 0 Å². The van der Waals surface area contributed by atoms with Crippen molar-refractivity contribution in [1.29, 1.82) is 0 Å². The van der Waals surface area contributed by atoms with Gasteiger partial charge in [-0.2, -0.15) is 4.98 Å². The van der Waals surface area contributed by atoms with Crippen LogP contribution in [0.25, 0.3) is 0 Å². The van der Waals surface area contributed by atoms with E-state index in [0.717, 1.165) is 49.2 Å². The van der Waals surface area contributed by atoms with Crippen LogP contribution in [0, 0.1) is 5.92 Å². The topological polar surface area (TPSA) is 71.5 Å². The van der Waals surface area contributed by atoms with Gasteiger partial charge in [-0.3, -0.25) is 0 Å². The summed E-state index contributed by atoms with van der Waals surface area (Å²) in [6.45, 7) is 4.50. The third kappa shape index (κ3) is 6.23. The fraction of sp³-hybridized carbons (Fsp3) is 0.565. The Balaban J connectivity index is 1.41. The Hall–Kier alpha value is -2.54. The van der Waals surface area contributed by atoms with Crippen molar-refractivity contribution in [3.8, 4) is 11.5 Å². The van der Waals surface area contributed by atoms with Gasteiger partial charge in [-0.1, -0.05) is 6.07 Å². The standard InChI is InChI=1S/C23H35N5O2/c1-5-30-21-14-18(8-11-20(21)29-4)16-24-15-17-6-9-19(10-7-17)26-23-25-13-12-22(27-23)28(2)3/h8,11-14,17,19,24H,5-7,9-10,15-16H2,1-4H3,(H,25,26,27)/t17-,19+. The molecule has 7 nitrogen and oxygen atoms in total. The summed E-state index contributed by atoms with van der Waals surface area (Å²) >= 11 is 0. The molecule has 1 aromatic carbocycles. The molecule has 1 aliphatic carbocycles. The highest BCUT2D eigenvalue weighted by molar-refractivity contribution is 5.43. The van der Waals surface area contributed by atoms with Crippen LogP contribution in [-0.2, 0) is 6.54 Å². The van der Waals surface area contributed by atoms with E-state index in [2.05, 4.69) is 32.7 Å². The minimum absolute atomic E-state index is 0.453. The number of methoxy groups -OCH3 is 1. The Labute approximate surface area is 180 Å². The average Bonchev–Trinajstić information content (AvgIpc) is 2.76. The highest BCUT2D eigenvalue weighted by atomic mass is 16.5. The Bertz CT molecular complexity index is 791. The highest BCUT2D eigenvalue weighted by Gasteiger charge is 2.21. The van der Waals surface area contributed by atoms with Crippen molar-refractivity contribution in [1.82, 2.24) is 15.3 Å². The summed E-state index contributed by atoms with van der Waals surface area (Å²) in [6.07, 6.45) is 6.55. The van der Waals surface area contributed by atoms with E-state index in [1.54, 1.807) is 7.11 Å². The fourth-order valence-corrected chi connectivity index (χ4v) is 3.88. The van der Waals surface area contributed by atoms with Gasteiger partial charge in [0.05, 0.1) is 13.7 Å². The molecule has 0 bridgehead atoms. The van der Waals surface area contributed by atoms with Gasteiger partial charge in [0.2, 0.25) is 5.95 Å². The number of nitrogens with zero attached hydrogens (tertiary/aromatic N) is 3. The molecular weight excluding hydrogens is 378 g/mol. The second-order valence-electron chi connectivity index (χ2n) is 8.04. The summed E-state index contributed by atoms with van der Waals surface area (Å²) in [5.41, 5.74) is 1.22. The summed E-state index contributed by atoms with van der Waals surface area (Å²) < 4.78 is 11.0. The second-order valence-corrected chi connectivity index (χ2v) is 8.04. The van der Waals surface area contributed by atoms with Crippen molar-refractivity contribution in [2.75, 3.05) is 44.6 Å². The van der Waals surface area contributed by atoms with Crippen molar-refractivity contribution in [2.24, 2.45) is 5.92 Å². The quantitative estimate of drug-likeness (QED) is 0.615. The van der Waals surface area contributed by atoms with Crippen LogP contribution in [0.15, 0.2) is 30.5 Å². The highest BCUT2D eigenvalue weighted by Crippen LogP contribution is 2.29. The molecule has 0 aliphatic heterocycles. The zero-order valence-electron chi connectivity index (χ0n) is 18.6. The van der Waals surface area contributed by atoms with Crippen molar-refractivity contribution in [2.45, 2.75) is 45.2 Å². The lowest BCUT2D eigenvalue weighted by atomic mass is 9.86. The van der Waals surface area contributed by atoms with Gasteiger partial charge < -0.3 is 25.0 Å². The Morgan fingerprint density at radius 1 is 1.10 bits per heavy atom. The molecule has 0 radical (unpaired) electrons. The summed E-state index contributed by atoms with van der Waals surface area (Å²) in [5.74, 6) is 3.96. The minimum atomic E-state index is 0.453. The predicted molar refractivity (Wildman–Crippen MR) is 122 cm³/mol. The third-order valence-corrected chi connectivity index (χ3v) is 5.57. The normalized spacial score (nSPS) is 18.7. The largest absolute Gasteiger partial charge is 0.493 e.